The predicted molar refractivity (Wildman–Crippen MR) is 117 cm³/mol. The molecule has 7 nitrogen and oxygen atoms in total. The van der Waals surface area contributed by atoms with Gasteiger partial charge in [-0.1, -0.05) is 26.2 Å². The Bertz CT molecular complexity index is 756. The minimum atomic E-state index is -0.443. The first kappa shape index (κ1) is 24.1. The average Bonchev–Trinajstić information content (AvgIpc) is 3.05. The number of unbranched alkanes of at least 4 members (excludes halogenated alkanes) is 3. The van der Waals surface area contributed by atoms with Gasteiger partial charge in [0.25, 0.3) is 0 Å². The summed E-state index contributed by atoms with van der Waals surface area (Å²) < 4.78 is 4.84. The molecule has 1 saturated heterocycles. The van der Waals surface area contributed by atoms with Gasteiger partial charge in [0, 0.05) is 18.8 Å². The van der Waals surface area contributed by atoms with Crippen molar-refractivity contribution in [2.24, 2.45) is 5.92 Å². The Kier molecular flexibility index (Phi) is 9.08. The second kappa shape index (κ2) is 11.3. The fourth-order valence-corrected chi connectivity index (χ4v) is 4.26. The van der Waals surface area contributed by atoms with E-state index >= 15 is 0 Å². The molecule has 0 spiro atoms. The Morgan fingerprint density at radius 3 is 2.63 bits per heavy atom. The van der Waals surface area contributed by atoms with Crippen LogP contribution in [-0.2, 0) is 9.53 Å². The van der Waals surface area contributed by atoms with E-state index in [1.165, 1.54) is 20.0 Å². The maximum Gasteiger partial charge on any atom is 0.339 e. The van der Waals surface area contributed by atoms with Crippen molar-refractivity contribution in [3.05, 3.63) is 22.5 Å². The first-order chi connectivity index (χ1) is 14.3. The standard InChI is InChI=1S/C23H37N3O4/c1-6-7-8-9-12-24-22(28)18-11-10-13-26(14-18)17(4)21(27)20-15(2)19(16(3)25-20)23(29)30-5/h17-18,25H,6-14H2,1-5H3,(H,24,28). The topological polar surface area (TPSA) is 91.5 Å². The van der Waals surface area contributed by atoms with Gasteiger partial charge in [0.1, 0.15) is 0 Å². The van der Waals surface area contributed by atoms with Crippen molar-refractivity contribution < 1.29 is 19.1 Å². The smallest absolute Gasteiger partial charge is 0.339 e. The third-order valence-corrected chi connectivity index (χ3v) is 6.15. The highest BCUT2D eigenvalue weighted by Crippen LogP contribution is 2.24. The number of hydrogen-bond donors (Lipinski definition) is 2. The summed E-state index contributed by atoms with van der Waals surface area (Å²) in [6, 6.07) is -0.368. The monoisotopic (exact) mass is 419 g/mol. The fraction of sp³-hybridized carbons (Fsp3) is 0.696. The van der Waals surface area contributed by atoms with Crippen LogP contribution in [0.2, 0.25) is 0 Å². The number of esters is 1. The summed E-state index contributed by atoms with van der Waals surface area (Å²) in [5.74, 6) is -0.499. The highest BCUT2D eigenvalue weighted by molar-refractivity contribution is 6.03. The van der Waals surface area contributed by atoms with Crippen molar-refractivity contribution in [1.29, 1.82) is 0 Å². The van der Waals surface area contributed by atoms with Gasteiger partial charge in [-0.25, -0.2) is 4.79 Å². The Balaban J connectivity index is 1.99. The second-order valence-electron chi connectivity index (χ2n) is 8.34. The van der Waals surface area contributed by atoms with Gasteiger partial charge in [0.05, 0.1) is 30.3 Å². The Labute approximate surface area is 179 Å². The van der Waals surface area contributed by atoms with E-state index in [4.69, 9.17) is 4.74 Å². The van der Waals surface area contributed by atoms with E-state index in [1.807, 2.05) is 6.92 Å². The molecule has 2 rings (SSSR count). The fourth-order valence-electron chi connectivity index (χ4n) is 4.26. The molecule has 1 amide bonds. The van der Waals surface area contributed by atoms with Gasteiger partial charge in [-0.3, -0.25) is 14.5 Å². The van der Waals surface area contributed by atoms with Gasteiger partial charge in [-0.15, -0.1) is 0 Å². The Hall–Kier alpha value is -2.15. The van der Waals surface area contributed by atoms with Gasteiger partial charge in [-0.2, -0.15) is 0 Å². The first-order valence-electron chi connectivity index (χ1n) is 11.1. The number of likely N-dealkylation sites (tertiary alicyclic amines) is 1. The number of aromatic nitrogens is 1. The Morgan fingerprint density at radius 2 is 1.97 bits per heavy atom. The minimum absolute atomic E-state index is 0.0635. The molecule has 30 heavy (non-hydrogen) atoms. The van der Waals surface area contributed by atoms with Crippen LogP contribution in [0.25, 0.3) is 0 Å². The molecule has 1 aromatic heterocycles. The van der Waals surface area contributed by atoms with Crippen molar-refractivity contribution in [2.75, 3.05) is 26.7 Å². The number of amides is 1. The lowest BCUT2D eigenvalue weighted by molar-refractivity contribution is -0.126. The summed E-state index contributed by atoms with van der Waals surface area (Å²) in [6.45, 7) is 9.67. The van der Waals surface area contributed by atoms with E-state index < -0.39 is 5.97 Å². The number of carbonyl (C=O) groups excluding carboxylic acids is 3. The summed E-state index contributed by atoms with van der Waals surface area (Å²) in [7, 11) is 1.33. The van der Waals surface area contributed by atoms with Gasteiger partial charge < -0.3 is 15.0 Å². The van der Waals surface area contributed by atoms with Crippen LogP contribution in [0, 0.1) is 19.8 Å². The highest BCUT2D eigenvalue weighted by atomic mass is 16.5. The zero-order valence-electron chi connectivity index (χ0n) is 19.1. The van der Waals surface area contributed by atoms with E-state index in [1.54, 1.807) is 13.8 Å². The normalized spacial score (nSPS) is 18.1. The third-order valence-electron chi connectivity index (χ3n) is 6.15. The molecule has 168 valence electrons. The van der Waals surface area contributed by atoms with E-state index in [0.717, 1.165) is 38.8 Å². The summed E-state index contributed by atoms with van der Waals surface area (Å²) in [5.41, 5.74) is 2.12. The van der Waals surface area contributed by atoms with Crippen LogP contribution in [0.5, 0.6) is 0 Å². The number of carbonyl (C=O) groups is 3. The van der Waals surface area contributed by atoms with Crippen LogP contribution in [0.3, 0.4) is 0 Å². The predicted octanol–water partition coefficient (Wildman–Crippen LogP) is 3.40. The van der Waals surface area contributed by atoms with Crippen LogP contribution < -0.4 is 5.32 Å². The number of piperidine rings is 1. The molecular formula is C23H37N3O4. The minimum Gasteiger partial charge on any atom is -0.465 e. The number of hydrogen-bond acceptors (Lipinski definition) is 5. The molecule has 2 unspecified atom stereocenters. The van der Waals surface area contributed by atoms with E-state index in [9.17, 15) is 14.4 Å². The number of Topliss-reactive ketones (excluding diaryl/α,β-unsaturated/α-hetero) is 1. The maximum atomic E-state index is 13.2. The molecular weight excluding hydrogens is 382 g/mol. The molecule has 2 N–H and O–H groups in total. The van der Waals surface area contributed by atoms with E-state index in [2.05, 4.69) is 22.1 Å². The number of aromatic amines is 1. The summed E-state index contributed by atoms with van der Waals surface area (Å²) >= 11 is 0. The van der Waals surface area contributed by atoms with Gasteiger partial charge in [0.2, 0.25) is 5.91 Å². The highest BCUT2D eigenvalue weighted by Gasteiger charge is 2.33. The number of aryl methyl sites for hydroxylation is 1. The quantitative estimate of drug-likeness (QED) is 0.345. The molecule has 1 fully saturated rings. The molecule has 0 saturated carbocycles. The summed E-state index contributed by atoms with van der Waals surface area (Å²) in [6.07, 6.45) is 6.27. The molecule has 0 aromatic carbocycles. The molecule has 0 bridgehead atoms. The first-order valence-corrected chi connectivity index (χ1v) is 11.1. The number of H-pyrrole nitrogens is 1. The zero-order valence-corrected chi connectivity index (χ0v) is 19.1. The molecule has 0 aliphatic carbocycles. The van der Waals surface area contributed by atoms with Crippen LogP contribution in [0.1, 0.15) is 84.5 Å². The second-order valence-corrected chi connectivity index (χ2v) is 8.34. The Morgan fingerprint density at radius 1 is 1.23 bits per heavy atom. The zero-order chi connectivity index (χ0) is 22.3. The molecule has 1 aromatic rings. The van der Waals surface area contributed by atoms with Gasteiger partial charge in [0.15, 0.2) is 5.78 Å². The largest absolute Gasteiger partial charge is 0.465 e. The lowest BCUT2D eigenvalue weighted by Gasteiger charge is -2.35. The van der Waals surface area contributed by atoms with E-state index in [-0.39, 0.29) is 23.7 Å². The van der Waals surface area contributed by atoms with Crippen LogP contribution in [-0.4, -0.2) is 60.3 Å². The molecule has 0 radical (unpaired) electrons. The van der Waals surface area contributed by atoms with Crippen molar-refractivity contribution in [3.63, 3.8) is 0 Å². The van der Waals surface area contributed by atoms with Crippen LogP contribution >= 0.6 is 0 Å². The molecule has 1 aliphatic rings. The number of ether oxygens (including phenoxy) is 1. The molecule has 2 atom stereocenters. The van der Waals surface area contributed by atoms with Crippen molar-refractivity contribution in [3.8, 4) is 0 Å². The van der Waals surface area contributed by atoms with Crippen molar-refractivity contribution in [2.45, 2.75) is 72.3 Å². The molecule has 1 aliphatic heterocycles. The molecule has 2 heterocycles. The average molecular weight is 420 g/mol. The summed E-state index contributed by atoms with van der Waals surface area (Å²) in [5, 5.41) is 3.06. The number of methoxy groups -OCH3 is 1. The third kappa shape index (κ3) is 5.72. The van der Waals surface area contributed by atoms with Crippen LogP contribution in [0.15, 0.2) is 0 Å². The lowest BCUT2D eigenvalue weighted by atomic mass is 9.94. The lowest BCUT2D eigenvalue weighted by Crippen LogP contribution is -2.49. The number of nitrogens with zero attached hydrogens (tertiary/aromatic N) is 1. The van der Waals surface area contributed by atoms with Gasteiger partial charge >= 0.3 is 5.97 Å². The van der Waals surface area contributed by atoms with E-state index in [0.29, 0.717) is 29.1 Å². The molecule has 7 heteroatoms. The van der Waals surface area contributed by atoms with Gasteiger partial charge in [-0.05, 0) is 52.1 Å². The summed E-state index contributed by atoms with van der Waals surface area (Å²) in [4.78, 5) is 42.9. The SMILES string of the molecule is CCCCCCNC(=O)C1CCCN(C(C)C(=O)c2[nH]c(C)c(C(=O)OC)c2C)C1. The van der Waals surface area contributed by atoms with Crippen molar-refractivity contribution >= 4 is 17.7 Å². The number of nitrogens with one attached hydrogen (secondary N) is 2. The van der Waals surface area contributed by atoms with Crippen LogP contribution in [0.4, 0.5) is 0 Å². The maximum absolute atomic E-state index is 13.2. The number of rotatable bonds is 10. The van der Waals surface area contributed by atoms with Crippen molar-refractivity contribution in [1.82, 2.24) is 15.2 Å². The number of ketones is 1.